The van der Waals surface area contributed by atoms with Crippen LogP contribution in [0.5, 0.6) is 0 Å². The minimum absolute atomic E-state index is 0.237. The molecule has 5 nitrogen and oxygen atoms in total. The van der Waals surface area contributed by atoms with Gasteiger partial charge in [-0.05, 0) is 38.0 Å². The van der Waals surface area contributed by atoms with E-state index in [9.17, 15) is 9.59 Å². The SMILES string of the molecule is C[C@H](C(=O)O)[C@]1(C)SC(=N[C@H]2C[C@@H]3CC[C@H]2C3)NC1=O. The number of carbonyl (C=O) groups is 2. The standard InChI is InChI=1S/C14H20N2O3S/c1-7(11(17)18)14(2)12(19)16-13(20-14)15-10-6-8-3-4-9(10)5-8/h7-10H,3-6H2,1-2H3,(H,17,18)(H,15,16,19)/t7-,8-,9+,10+,14+/m1/s1. The second-order valence-electron chi connectivity index (χ2n) is 6.40. The Morgan fingerprint density at radius 3 is 2.80 bits per heavy atom. The van der Waals surface area contributed by atoms with Crippen molar-refractivity contribution in [3.05, 3.63) is 0 Å². The number of hydrogen-bond acceptors (Lipinski definition) is 4. The molecule has 110 valence electrons. The van der Waals surface area contributed by atoms with E-state index in [1.165, 1.54) is 31.0 Å². The molecule has 0 aromatic heterocycles. The number of carbonyl (C=O) groups excluding carboxylic acids is 1. The fourth-order valence-corrected chi connectivity index (χ4v) is 4.75. The molecule has 2 saturated carbocycles. The van der Waals surface area contributed by atoms with Gasteiger partial charge in [-0.2, -0.15) is 0 Å². The second kappa shape index (κ2) is 4.76. The summed E-state index contributed by atoms with van der Waals surface area (Å²) in [5.41, 5.74) is 0. The van der Waals surface area contributed by atoms with Gasteiger partial charge in [0.15, 0.2) is 5.17 Å². The summed E-state index contributed by atoms with van der Waals surface area (Å²) in [6, 6.07) is 0.319. The minimum Gasteiger partial charge on any atom is -0.481 e. The van der Waals surface area contributed by atoms with E-state index in [2.05, 4.69) is 5.32 Å². The Balaban J connectivity index is 1.75. The molecule has 0 unspecified atom stereocenters. The fourth-order valence-electron chi connectivity index (χ4n) is 3.59. The van der Waals surface area contributed by atoms with Gasteiger partial charge >= 0.3 is 5.97 Å². The van der Waals surface area contributed by atoms with E-state index < -0.39 is 16.6 Å². The zero-order valence-electron chi connectivity index (χ0n) is 11.8. The molecule has 1 amide bonds. The smallest absolute Gasteiger partial charge is 0.308 e. The van der Waals surface area contributed by atoms with Crippen molar-refractivity contribution >= 4 is 28.8 Å². The van der Waals surface area contributed by atoms with Crippen LogP contribution in [-0.2, 0) is 9.59 Å². The van der Waals surface area contributed by atoms with Crippen molar-refractivity contribution in [3.8, 4) is 0 Å². The molecule has 20 heavy (non-hydrogen) atoms. The summed E-state index contributed by atoms with van der Waals surface area (Å²) in [4.78, 5) is 28.0. The van der Waals surface area contributed by atoms with E-state index >= 15 is 0 Å². The topological polar surface area (TPSA) is 78.8 Å². The van der Waals surface area contributed by atoms with E-state index in [1.807, 2.05) is 0 Å². The molecule has 3 aliphatic rings. The average Bonchev–Trinajstić information content (AvgIpc) is 3.05. The number of aliphatic imine (C=N–C) groups is 1. The Labute approximate surface area is 122 Å². The van der Waals surface area contributed by atoms with Gasteiger partial charge in [-0.3, -0.25) is 14.6 Å². The maximum atomic E-state index is 12.1. The number of nitrogens with zero attached hydrogens (tertiary/aromatic N) is 1. The van der Waals surface area contributed by atoms with Gasteiger partial charge in [-0.1, -0.05) is 25.1 Å². The van der Waals surface area contributed by atoms with Crippen molar-refractivity contribution in [1.29, 1.82) is 0 Å². The highest BCUT2D eigenvalue weighted by molar-refractivity contribution is 8.16. The number of carboxylic acid groups (broad SMARTS) is 1. The number of aliphatic carboxylic acids is 1. The zero-order valence-corrected chi connectivity index (χ0v) is 12.6. The number of fused-ring (bicyclic) bond motifs is 2. The Hall–Kier alpha value is -1.04. The maximum absolute atomic E-state index is 12.1. The van der Waals surface area contributed by atoms with Gasteiger partial charge < -0.3 is 10.4 Å². The molecule has 3 rings (SSSR count). The first-order chi connectivity index (χ1) is 9.40. The number of rotatable bonds is 3. The summed E-state index contributed by atoms with van der Waals surface area (Å²) in [7, 11) is 0. The number of amides is 1. The lowest BCUT2D eigenvalue weighted by molar-refractivity contribution is -0.144. The monoisotopic (exact) mass is 296 g/mol. The Morgan fingerprint density at radius 1 is 1.50 bits per heavy atom. The van der Waals surface area contributed by atoms with Crippen molar-refractivity contribution in [2.75, 3.05) is 0 Å². The summed E-state index contributed by atoms with van der Waals surface area (Å²) in [5.74, 6) is -0.453. The van der Waals surface area contributed by atoms with Crippen LogP contribution in [0.2, 0.25) is 0 Å². The molecule has 2 N–H and O–H groups in total. The number of thioether (sulfide) groups is 1. The molecule has 6 heteroatoms. The summed E-state index contributed by atoms with van der Waals surface area (Å²) < 4.78 is -0.956. The average molecular weight is 296 g/mol. The van der Waals surface area contributed by atoms with E-state index in [-0.39, 0.29) is 5.91 Å². The quantitative estimate of drug-likeness (QED) is 0.833. The van der Waals surface area contributed by atoms with Crippen molar-refractivity contribution in [2.24, 2.45) is 22.7 Å². The normalized spacial score (nSPS) is 43.0. The predicted molar refractivity (Wildman–Crippen MR) is 77.6 cm³/mol. The number of hydrogen-bond donors (Lipinski definition) is 2. The van der Waals surface area contributed by atoms with Crippen LogP contribution in [0.3, 0.4) is 0 Å². The van der Waals surface area contributed by atoms with Gasteiger partial charge in [0.25, 0.3) is 0 Å². The van der Waals surface area contributed by atoms with Gasteiger partial charge in [-0.15, -0.1) is 0 Å². The highest BCUT2D eigenvalue weighted by Crippen LogP contribution is 2.47. The third kappa shape index (κ3) is 2.14. The second-order valence-corrected chi connectivity index (χ2v) is 7.84. The maximum Gasteiger partial charge on any atom is 0.308 e. The molecular weight excluding hydrogens is 276 g/mol. The summed E-state index contributed by atoms with van der Waals surface area (Å²) in [5, 5.41) is 12.5. The number of amidine groups is 1. The molecule has 0 aromatic carbocycles. The first-order valence-corrected chi connectivity index (χ1v) is 8.03. The highest BCUT2D eigenvalue weighted by atomic mass is 32.2. The third-order valence-corrected chi connectivity index (χ3v) is 6.52. The first kappa shape index (κ1) is 13.9. The molecule has 1 saturated heterocycles. The molecule has 0 aromatic rings. The van der Waals surface area contributed by atoms with E-state index in [0.29, 0.717) is 17.1 Å². The molecule has 0 spiro atoms. The third-order valence-electron chi connectivity index (χ3n) is 5.16. The van der Waals surface area contributed by atoms with Crippen molar-refractivity contribution in [2.45, 2.75) is 50.3 Å². The van der Waals surface area contributed by atoms with Gasteiger partial charge in [0, 0.05) is 0 Å². The molecule has 2 aliphatic carbocycles. The van der Waals surface area contributed by atoms with Crippen LogP contribution >= 0.6 is 11.8 Å². The molecule has 1 heterocycles. The molecule has 5 atom stereocenters. The Kier molecular flexibility index (Phi) is 3.31. The lowest BCUT2D eigenvalue weighted by atomic mass is 9.94. The minimum atomic E-state index is -0.956. The van der Waals surface area contributed by atoms with E-state index in [0.717, 1.165) is 12.3 Å². The van der Waals surface area contributed by atoms with Crippen LogP contribution in [0.15, 0.2) is 4.99 Å². The van der Waals surface area contributed by atoms with E-state index in [1.54, 1.807) is 13.8 Å². The van der Waals surface area contributed by atoms with Crippen LogP contribution in [-0.4, -0.2) is 32.9 Å². The largest absolute Gasteiger partial charge is 0.481 e. The van der Waals surface area contributed by atoms with Crippen LogP contribution in [0, 0.1) is 17.8 Å². The van der Waals surface area contributed by atoms with Crippen molar-refractivity contribution in [3.63, 3.8) is 0 Å². The Bertz CT molecular complexity index is 493. The summed E-state index contributed by atoms with van der Waals surface area (Å²) in [6.45, 7) is 3.27. The fraction of sp³-hybridized carbons (Fsp3) is 0.786. The van der Waals surface area contributed by atoms with Gasteiger partial charge in [-0.25, -0.2) is 0 Å². The van der Waals surface area contributed by atoms with E-state index in [4.69, 9.17) is 10.1 Å². The van der Waals surface area contributed by atoms with Crippen LogP contribution in [0.4, 0.5) is 0 Å². The molecule has 0 radical (unpaired) electrons. The number of carboxylic acids is 1. The molecule has 1 aliphatic heterocycles. The first-order valence-electron chi connectivity index (χ1n) is 7.21. The Morgan fingerprint density at radius 2 is 2.25 bits per heavy atom. The summed E-state index contributed by atoms with van der Waals surface area (Å²) >= 11 is 1.28. The van der Waals surface area contributed by atoms with Crippen LogP contribution in [0.25, 0.3) is 0 Å². The van der Waals surface area contributed by atoms with Crippen molar-refractivity contribution < 1.29 is 14.7 Å². The summed E-state index contributed by atoms with van der Waals surface area (Å²) in [6.07, 6.45) is 4.95. The molecular formula is C14H20N2O3S. The molecule has 2 bridgehead atoms. The van der Waals surface area contributed by atoms with Gasteiger partial charge in [0.05, 0.1) is 12.0 Å². The van der Waals surface area contributed by atoms with Crippen LogP contribution in [0.1, 0.15) is 39.5 Å². The van der Waals surface area contributed by atoms with Crippen LogP contribution < -0.4 is 5.32 Å². The van der Waals surface area contributed by atoms with Gasteiger partial charge in [0.2, 0.25) is 5.91 Å². The molecule has 3 fully saturated rings. The zero-order chi connectivity index (χ0) is 14.5. The van der Waals surface area contributed by atoms with Crippen molar-refractivity contribution in [1.82, 2.24) is 5.32 Å². The lowest BCUT2D eigenvalue weighted by Gasteiger charge is -2.23. The number of nitrogens with one attached hydrogen (secondary N) is 1. The van der Waals surface area contributed by atoms with Gasteiger partial charge in [0.1, 0.15) is 4.75 Å². The lowest BCUT2D eigenvalue weighted by Crippen LogP contribution is -2.42. The highest BCUT2D eigenvalue weighted by Gasteiger charge is 2.50. The predicted octanol–water partition coefficient (Wildman–Crippen LogP) is 1.87.